The predicted molar refractivity (Wildman–Crippen MR) is 130 cm³/mol. The molecule has 0 radical (unpaired) electrons. The number of nitrogens with two attached hydrogens (primary N) is 1. The first-order valence-electron chi connectivity index (χ1n) is 11.6. The Bertz CT molecular complexity index is 1410. The highest BCUT2D eigenvalue weighted by Crippen LogP contribution is 2.41. The molecular weight excluding hydrogens is 503 g/mol. The van der Waals surface area contributed by atoms with E-state index in [1.54, 1.807) is 6.07 Å². The fourth-order valence-corrected chi connectivity index (χ4v) is 4.76. The van der Waals surface area contributed by atoms with Crippen LogP contribution in [0.2, 0.25) is 0 Å². The summed E-state index contributed by atoms with van der Waals surface area (Å²) in [5, 5.41) is 6.43. The van der Waals surface area contributed by atoms with Crippen molar-refractivity contribution >= 4 is 17.7 Å². The van der Waals surface area contributed by atoms with Crippen LogP contribution in [0.1, 0.15) is 41.7 Å². The second kappa shape index (κ2) is 11.2. The number of aromatic nitrogens is 2. The summed E-state index contributed by atoms with van der Waals surface area (Å²) >= 11 is 0. The quantitative estimate of drug-likeness (QED) is 0.248. The topological polar surface area (TPSA) is 156 Å². The van der Waals surface area contributed by atoms with Gasteiger partial charge in [0.1, 0.15) is 34.9 Å². The monoisotopic (exact) mass is 525 g/mol. The van der Waals surface area contributed by atoms with Crippen molar-refractivity contribution in [3.05, 3.63) is 87.9 Å². The van der Waals surface area contributed by atoms with Gasteiger partial charge in [0, 0.05) is 11.1 Å². The van der Waals surface area contributed by atoms with Crippen LogP contribution < -0.4 is 11.1 Å². The smallest absolute Gasteiger partial charge is 0.404 e. The molecule has 0 bridgehead atoms. The second-order valence-corrected chi connectivity index (χ2v) is 8.86. The number of hydrogen-bond acceptors (Lipinski definition) is 6. The van der Waals surface area contributed by atoms with Crippen LogP contribution in [0.5, 0.6) is 0 Å². The number of halogens is 3. The summed E-state index contributed by atoms with van der Waals surface area (Å²) in [6, 6.07) is 6.10. The van der Waals surface area contributed by atoms with Crippen molar-refractivity contribution in [2.45, 2.75) is 37.8 Å². The normalized spacial score (nSPS) is 20.7. The largest absolute Gasteiger partial charge is 0.446 e. The highest BCUT2D eigenvalue weighted by Gasteiger charge is 2.38. The van der Waals surface area contributed by atoms with Crippen LogP contribution in [0.3, 0.4) is 0 Å². The Hall–Kier alpha value is -4.64. The lowest BCUT2D eigenvalue weighted by Crippen LogP contribution is -2.41. The maximum Gasteiger partial charge on any atom is 0.404 e. The molecular formula is C25H22F3N7O3. The number of nitrogens with one attached hydrogen (secondary N) is 1. The summed E-state index contributed by atoms with van der Waals surface area (Å²) in [6.45, 7) is 1.84. The second-order valence-electron chi connectivity index (χ2n) is 8.86. The standard InChI is InChI=1S/C25H22F3N7O3/c1-12-9-13(10-20(38-25(29)37)22(12)34-35-30)14-7-8-31-11-19(14)33-24(36)18-6-5-17(28)23(32-18)21-15(26)3-2-4-16(21)27/h2-8,11-13,20,22H,9-10H2,1H3,(H2,29,37)(H,33,36)/t12-,13+,20+,22-/m1/s1. The van der Waals surface area contributed by atoms with Crippen molar-refractivity contribution in [3.63, 3.8) is 0 Å². The van der Waals surface area contributed by atoms with E-state index in [9.17, 15) is 22.8 Å². The Morgan fingerprint density at radius 2 is 1.87 bits per heavy atom. The van der Waals surface area contributed by atoms with Gasteiger partial charge in [0.05, 0.1) is 23.5 Å². The number of carbonyl (C=O) groups excluding carboxylic acids is 2. The van der Waals surface area contributed by atoms with Crippen molar-refractivity contribution in [1.82, 2.24) is 9.97 Å². The van der Waals surface area contributed by atoms with Gasteiger partial charge in [-0.15, -0.1) is 0 Å². The summed E-state index contributed by atoms with van der Waals surface area (Å²) in [5.41, 5.74) is 13.5. The number of azide groups is 1. The van der Waals surface area contributed by atoms with E-state index in [0.29, 0.717) is 17.7 Å². The van der Waals surface area contributed by atoms with Crippen LogP contribution in [0.4, 0.5) is 23.7 Å². The number of nitrogens with zero attached hydrogens (tertiary/aromatic N) is 5. The number of rotatable bonds is 6. The van der Waals surface area contributed by atoms with Crippen LogP contribution in [0, 0.1) is 23.4 Å². The van der Waals surface area contributed by atoms with Gasteiger partial charge >= 0.3 is 6.09 Å². The number of benzene rings is 1. The molecule has 3 N–H and O–H groups in total. The fourth-order valence-electron chi connectivity index (χ4n) is 4.76. The molecule has 3 aromatic rings. The molecule has 10 nitrogen and oxygen atoms in total. The molecule has 2 heterocycles. The van der Waals surface area contributed by atoms with Gasteiger partial charge < -0.3 is 15.8 Å². The lowest BCUT2D eigenvalue weighted by Gasteiger charge is -2.38. The minimum atomic E-state index is -1.03. The summed E-state index contributed by atoms with van der Waals surface area (Å²) in [4.78, 5) is 35.3. The molecule has 1 aliphatic rings. The number of primary amides is 1. The number of carbonyl (C=O) groups is 2. The summed E-state index contributed by atoms with van der Waals surface area (Å²) in [6.07, 6.45) is 1.92. The molecule has 1 aliphatic carbocycles. The van der Waals surface area contributed by atoms with E-state index < -0.39 is 52.9 Å². The van der Waals surface area contributed by atoms with Crippen LogP contribution in [-0.2, 0) is 4.74 Å². The zero-order chi connectivity index (χ0) is 27.4. The van der Waals surface area contributed by atoms with E-state index in [0.717, 1.165) is 30.3 Å². The molecule has 4 atom stereocenters. The third-order valence-corrected chi connectivity index (χ3v) is 6.41. The maximum absolute atomic E-state index is 14.5. The highest BCUT2D eigenvalue weighted by molar-refractivity contribution is 6.03. The van der Waals surface area contributed by atoms with Crippen LogP contribution in [0.15, 0.2) is 53.9 Å². The molecule has 38 heavy (non-hydrogen) atoms. The number of anilines is 1. The molecule has 0 spiro atoms. The Kier molecular flexibility index (Phi) is 7.77. The SMILES string of the molecule is C[C@@H]1C[C@H](c2ccncc2NC(=O)c2ccc(F)c(-c3c(F)cccc3F)n2)C[C@H](OC(N)=O)[C@@H]1N=[N+]=[N-]. The predicted octanol–water partition coefficient (Wildman–Crippen LogP) is 5.47. The number of hydrogen-bond donors (Lipinski definition) is 2. The van der Waals surface area contributed by atoms with Gasteiger partial charge in [0.25, 0.3) is 5.91 Å². The van der Waals surface area contributed by atoms with Crippen molar-refractivity contribution in [2.75, 3.05) is 5.32 Å². The number of ether oxygens (including phenoxy) is 1. The van der Waals surface area contributed by atoms with Crippen molar-refractivity contribution in [3.8, 4) is 11.3 Å². The summed E-state index contributed by atoms with van der Waals surface area (Å²) < 4.78 is 48.2. The Morgan fingerprint density at radius 1 is 1.13 bits per heavy atom. The van der Waals surface area contributed by atoms with Crippen molar-refractivity contribution < 1.29 is 27.5 Å². The van der Waals surface area contributed by atoms with Crippen molar-refractivity contribution in [2.24, 2.45) is 16.8 Å². The average molecular weight is 525 g/mol. The third kappa shape index (κ3) is 5.52. The fraction of sp³-hybridized carbons (Fsp3) is 0.280. The van der Waals surface area contributed by atoms with E-state index >= 15 is 0 Å². The lowest BCUT2D eigenvalue weighted by atomic mass is 9.74. The van der Waals surface area contributed by atoms with Crippen LogP contribution >= 0.6 is 0 Å². The molecule has 1 fully saturated rings. The minimum Gasteiger partial charge on any atom is -0.446 e. The van der Waals surface area contributed by atoms with Gasteiger partial charge in [-0.25, -0.2) is 22.9 Å². The minimum absolute atomic E-state index is 0.192. The first kappa shape index (κ1) is 26.4. The molecule has 0 aliphatic heterocycles. The zero-order valence-electron chi connectivity index (χ0n) is 20.0. The first-order chi connectivity index (χ1) is 18.2. The molecule has 1 aromatic carbocycles. The van der Waals surface area contributed by atoms with E-state index in [2.05, 4.69) is 25.3 Å². The van der Waals surface area contributed by atoms with Gasteiger partial charge in [-0.3, -0.25) is 9.78 Å². The average Bonchev–Trinajstić information content (AvgIpc) is 2.87. The zero-order valence-corrected chi connectivity index (χ0v) is 20.0. The van der Waals surface area contributed by atoms with Gasteiger partial charge in [-0.1, -0.05) is 18.1 Å². The Labute approximate surface area is 214 Å². The molecule has 0 saturated heterocycles. The molecule has 13 heteroatoms. The number of pyridine rings is 2. The van der Waals surface area contributed by atoms with E-state index in [-0.39, 0.29) is 24.0 Å². The van der Waals surface area contributed by atoms with Crippen LogP contribution in [0.25, 0.3) is 21.7 Å². The third-order valence-electron chi connectivity index (χ3n) is 6.41. The molecule has 2 amide bonds. The van der Waals surface area contributed by atoms with E-state index in [1.807, 2.05) is 6.92 Å². The van der Waals surface area contributed by atoms with Gasteiger partial charge in [0.15, 0.2) is 0 Å². The molecule has 196 valence electrons. The lowest BCUT2D eigenvalue weighted by molar-refractivity contribution is 0.0453. The van der Waals surface area contributed by atoms with Gasteiger partial charge in [-0.05, 0) is 66.1 Å². The molecule has 4 rings (SSSR count). The van der Waals surface area contributed by atoms with Crippen molar-refractivity contribution in [1.29, 1.82) is 0 Å². The molecule has 2 aromatic heterocycles. The van der Waals surface area contributed by atoms with E-state index in [1.165, 1.54) is 12.4 Å². The van der Waals surface area contributed by atoms with E-state index in [4.69, 9.17) is 16.0 Å². The van der Waals surface area contributed by atoms with Gasteiger partial charge in [-0.2, -0.15) is 0 Å². The summed E-state index contributed by atoms with van der Waals surface area (Å²) in [5.74, 6) is -4.26. The summed E-state index contributed by atoms with van der Waals surface area (Å²) in [7, 11) is 0. The number of amides is 2. The maximum atomic E-state index is 14.5. The Balaban J connectivity index is 1.63. The van der Waals surface area contributed by atoms with Gasteiger partial charge in [0.2, 0.25) is 0 Å². The Morgan fingerprint density at radius 3 is 2.55 bits per heavy atom. The first-order valence-corrected chi connectivity index (χ1v) is 11.6. The molecule has 1 saturated carbocycles. The highest BCUT2D eigenvalue weighted by atomic mass is 19.1. The molecule has 0 unspecified atom stereocenters. The van der Waals surface area contributed by atoms with Crippen LogP contribution in [-0.4, -0.2) is 34.1 Å².